The number of hydrogen-bond acceptors (Lipinski definition) is 3. The lowest BCUT2D eigenvalue weighted by atomic mass is 9.91. The van der Waals surface area contributed by atoms with Crippen LogP contribution in [0.4, 0.5) is 0 Å². The quantitative estimate of drug-likeness (QED) is 0.623. The summed E-state index contributed by atoms with van der Waals surface area (Å²) in [5, 5.41) is 0. The van der Waals surface area contributed by atoms with Crippen LogP contribution in [0, 0.1) is 0 Å². The number of carbonyl (C=O) groups is 1. The molecule has 1 atom stereocenters. The van der Waals surface area contributed by atoms with Crippen molar-refractivity contribution in [3.05, 3.63) is 59.7 Å². The topological polar surface area (TPSA) is 99.9 Å². The fourth-order valence-corrected chi connectivity index (χ4v) is 2.47. The number of guanidine groups is 1. The zero-order valence-electron chi connectivity index (χ0n) is 13.7. The number of nitrogens with zero attached hydrogens (tertiary/aromatic N) is 1. The number of amides is 1. The van der Waals surface area contributed by atoms with Crippen molar-refractivity contribution in [3.8, 4) is 11.5 Å². The average molecular weight is 327 g/mol. The molecule has 1 amide bonds. The lowest BCUT2D eigenvalue weighted by Crippen LogP contribution is -2.26. The van der Waals surface area contributed by atoms with Gasteiger partial charge >= 0.3 is 0 Å². The molecule has 6 heteroatoms. The third-order valence-electron chi connectivity index (χ3n) is 3.63. The Morgan fingerprint density at radius 2 is 1.71 bits per heavy atom. The molecule has 0 saturated carbocycles. The normalized spacial score (nSPS) is 11.4. The fraction of sp³-hybridized carbons (Fsp3) is 0.222. The standard InChI is InChI=1S/C18H21N3O3/c1-23-15-9-8-13(11-16(15)24-2)14(17(22)21-18(19)20)10-12-6-4-3-5-7-12/h3-9,11,14H,10H2,1-2H3,(H4,19,20,21,22). The summed E-state index contributed by atoms with van der Waals surface area (Å²) in [7, 11) is 3.11. The molecule has 24 heavy (non-hydrogen) atoms. The smallest absolute Gasteiger partial charge is 0.256 e. The minimum absolute atomic E-state index is 0.251. The maximum atomic E-state index is 12.5. The number of benzene rings is 2. The summed E-state index contributed by atoms with van der Waals surface area (Å²) >= 11 is 0. The largest absolute Gasteiger partial charge is 0.493 e. The molecule has 126 valence electrons. The van der Waals surface area contributed by atoms with Gasteiger partial charge in [-0.1, -0.05) is 36.4 Å². The van der Waals surface area contributed by atoms with Gasteiger partial charge in [-0.05, 0) is 29.7 Å². The van der Waals surface area contributed by atoms with Gasteiger partial charge in [0.25, 0.3) is 5.91 Å². The van der Waals surface area contributed by atoms with E-state index in [9.17, 15) is 4.79 Å². The van der Waals surface area contributed by atoms with Gasteiger partial charge in [0, 0.05) is 0 Å². The Morgan fingerprint density at radius 3 is 2.29 bits per heavy atom. The van der Waals surface area contributed by atoms with Gasteiger partial charge in [-0.15, -0.1) is 0 Å². The van der Waals surface area contributed by atoms with E-state index in [4.69, 9.17) is 20.9 Å². The van der Waals surface area contributed by atoms with Gasteiger partial charge in [-0.25, -0.2) is 0 Å². The zero-order chi connectivity index (χ0) is 17.5. The van der Waals surface area contributed by atoms with Gasteiger partial charge < -0.3 is 20.9 Å². The van der Waals surface area contributed by atoms with Gasteiger partial charge in [0.15, 0.2) is 17.5 Å². The highest BCUT2D eigenvalue weighted by atomic mass is 16.5. The molecule has 0 aliphatic rings. The van der Waals surface area contributed by atoms with E-state index in [1.54, 1.807) is 26.4 Å². The number of aliphatic imine (C=N–C) groups is 1. The molecule has 2 aromatic rings. The maximum Gasteiger partial charge on any atom is 0.256 e. The van der Waals surface area contributed by atoms with Crippen LogP contribution in [0.15, 0.2) is 53.5 Å². The molecule has 0 bridgehead atoms. The minimum Gasteiger partial charge on any atom is -0.493 e. The summed E-state index contributed by atoms with van der Waals surface area (Å²) in [5.41, 5.74) is 12.5. The van der Waals surface area contributed by atoms with Crippen molar-refractivity contribution in [1.82, 2.24) is 0 Å². The molecule has 0 radical (unpaired) electrons. The minimum atomic E-state index is -0.519. The first kappa shape index (κ1) is 17.3. The summed E-state index contributed by atoms with van der Waals surface area (Å²) in [6.07, 6.45) is 0.478. The molecule has 0 aliphatic carbocycles. The molecule has 6 nitrogen and oxygen atoms in total. The Bertz CT molecular complexity index is 726. The highest BCUT2D eigenvalue weighted by Gasteiger charge is 2.22. The van der Waals surface area contributed by atoms with Crippen molar-refractivity contribution in [1.29, 1.82) is 0 Å². The summed E-state index contributed by atoms with van der Waals surface area (Å²) in [4.78, 5) is 16.2. The summed E-state index contributed by atoms with van der Waals surface area (Å²) in [6, 6.07) is 15.0. The fourth-order valence-electron chi connectivity index (χ4n) is 2.47. The number of hydrogen-bond donors (Lipinski definition) is 2. The second-order valence-electron chi connectivity index (χ2n) is 5.23. The van der Waals surface area contributed by atoms with E-state index in [1.165, 1.54) is 0 Å². The monoisotopic (exact) mass is 327 g/mol. The molecule has 1 unspecified atom stereocenters. The third-order valence-corrected chi connectivity index (χ3v) is 3.63. The molecule has 2 rings (SSSR count). The van der Waals surface area contributed by atoms with E-state index in [2.05, 4.69) is 4.99 Å². The second-order valence-corrected chi connectivity index (χ2v) is 5.23. The van der Waals surface area contributed by atoms with Crippen molar-refractivity contribution < 1.29 is 14.3 Å². The molecule has 0 aliphatic heterocycles. The Labute approximate surface area is 141 Å². The van der Waals surface area contributed by atoms with Crippen LogP contribution in [0.3, 0.4) is 0 Å². The third kappa shape index (κ3) is 4.25. The summed E-state index contributed by atoms with van der Waals surface area (Å²) in [6.45, 7) is 0. The number of rotatable bonds is 6. The molecule has 0 spiro atoms. The van der Waals surface area contributed by atoms with Gasteiger partial charge in [0.05, 0.1) is 20.1 Å². The maximum absolute atomic E-state index is 12.5. The number of nitrogens with two attached hydrogens (primary N) is 2. The lowest BCUT2D eigenvalue weighted by Gasteiger charge is -2.16. The van der Waals surface area contributed by atoms with E-state index in [1.807, 2.05) is 36.4 Å². The van der Waals surface area contributed by atoms with E-state index in [-0.39, 0.29) is 5.96 Å². The first-order valence-corrected chi connectivity index (χ1v) is 7.44. The zero-order valence-corrected chi connectivity index (χ0v) is 13.7. The van der Waals surface area contributed by atoms with E-state index in [0.29, 0.717) is 17.9 Å². The Hall–Kier alpha value is -3.02. The molecule has 0 fully saturated rings. The molecule has 2 aromatic carbocycles. The predicted molar refractivity (Wildman–Crippen MR) is 93.2 cm³/mol. The Morgan fingerprint density at radius 1 is 1.04 bits per heavy atom. The van der Waals surface area contributed by atoms with Crippen LogP contribution in [-0.2, 0) is 11.2 Å². The molecule has 0 heterocycles. The van der Waals surface area contributed by atoms with Gasteiger partial charge in [-0.2, -0.15) is 4.99 Å². The van der Waals surface area contributed by atoms with Crippen molar-refractivity contribution in [2.75, 3.05) is 14.2 Å². The molecular weight excluding hydrogens is 306 g/mol. The van der Waals surface area contributed by atoms with Crippen LogP contribution in [0.25, 0.3) is 0 Å². The van der Waals surface area contributed by atoms with Crippen LogP contribution in [0.2, 0.25) is 0 Å². The average Bonchev–Trinajstić information content (AvgIpc) is 2.59. The van der Waals surface area contributed by atoms with Crippen molar-refractivity contribution in [3.63, 3.8) is 0 Å². The van der Waals surface area contributed by atoms with Crippen LogP contribution < -0.4 is 20.9 Å². The van der Waals surface area contributed by atoms with E-state index < -0.39 is 11.8 Å². The van der Waals surface area contributed by atoms with Crippen LogP contribution >= 0.6 is 0 Å². The second kappa shape index (κ2) is 8.01. The summed E-state index contributed by atoms with van der Waals surface area (Å²) < 4.78 is 10.6. The van der Waals surface area contributed by atoms with Crippen LogP contribution in [0.1, 0.15) is 17.0 Å². The highest BCUT2D eigenvalue weighted by molar-refractivity contribution is 5.95. The summed E-state index contributed by atoms with van der Waals surface area (Å²) in [5.74, 6) is -0.0292. The first-order chi connectivity index (χ1) is 11.5. The van der Waals surface area contributed by atoms with E-state index >= 15 is 0 Å². The number of carbonyl (C=O) groups excluding carboxylic acids is 1. The van der Waals surface area contributed by atoms with Gasteiger partial charge in [0.2, 0.25) is 0 Å². The SMILES string of the molecule is COc1ccc(C(Cc2ccccc2)C(=O)N=C(N)N)cc1OC. The Kier molecular flexibility index (Phi) is 5.78. The highest BCUT2D eigenvalue weighted by Crippen LogP contribution is 2.32. The van der Waals surface area contributed by atoms with Crippen molar-refractivity contribution in [2.45, 2.75) is 12.3 Å². The van der Waals surface area contributed by atoms with Crippen molar-refractivity contribution in [2.24, 2.45) is 16.5 Å². The molecular formula is C18H21N3O3. The molecule has 0 saturated heterocycles. The lowest BCUT2D eigenvalue weighted by molar-refractivity contribution is -0.119. The van der Waals surface area contributed by atoms with E-state index in [0.717, 1.165) is 11.1 Å². The predicted octanol–water partition coefficient (Wildman–Crippen LogP) is 1.83. The molecule has 0 aromatic heterocycles. The Balaban J connectivity index is 2.41. The number of ether oxygens (including phenoxy) is 2. The van der Waals surface area contributed by atoms with Gasteiger partial charge in [-0.3, -0.25) is 4.79 Å². The first-order valence-electron chi connectivity index (χ1n) is 7.44. The van der Waals surface area contributed by atoms with Gasteiger partial charge in [0.1, 0.15) is 0 Å². The van der Waals surface area contributed by atoms with Crippen LogP contribution in [0.5, 0.6) is 11.5 Å². The molecule has 4 N–H and O–H groups in total. The number of methoxy groups -OCH3 is 2. The van der Waals surface area contributed by atoms with Crippen LogP contribution in [-0.4, -0.2) is 26.1 Å². The van der Waals surface area contributed by atoms with Crippen molar-refractivity contribution >= 4 is 11.9 Å².